The van der Waals surface area contributed by atoms with Gasteiger partial charge in [0.1, 0.15) is 11.1 Å². The van der Waals surface area contributed by atoms with Gasteiger partial charge in [0, 0.05) is 13.1 Å². The molecule has 2 aliphatic carbocycles. The van der Waals surface area contributed by atoms with Gasteiger partial charge in [-0.2, -0.15) is 0 Å². The lowest BCUT2D eigenvalue weighted by molar-refractivity contribution is -0.143. The fourth-order valence-electron chi connectivity index (χ4n) is 6.46. The monoisotopic (exact) mass is 535 g/mol. The molecule has 2 spiro atoms. The maximum absolute atomic E-state index is 13.7. The van der Waals surface area contributed by atoms with E-state index in [2.05, 4.69) is 5.32 Å². The fraction of sp³-hybridized carbons (Fsp3) is 0.708. The molecule has 0 aromatic rings. The van der Waals surface area contributed by atoms with Gasteiger partial charge in [-0.1, -0.05) is 13.3 Å². The van der Waals surface area contributed by atoms with E-state index in [-0.39, 0.29) is 29.0 Å². The summed E-state index contributed by atoms with van der Waals surface area (Å²) in [4.78, 5) is 68.7. The van der Waals surface area contributed by atoms with Crippen LogP contribution in [0.1, 0.15) is 64.7 Å². The van der Waals surface area contributed by atoms with Crippen molar-refractivity contribution in [3.63, 3.8) is 0 Å². The van der Waals surface area contributed by atoms with Crippen LogP contribution in [0, 0.1) is 5.41 Å². The van der Waals surface area contributed by atoms with Crippen molar-refractivity contribution in [2.75, 3.05) is 18.6 Å². The van der Waals surface area contributed by atoms with Crippen LogP contribution >= 0.6 is 23.5 Å². The highest BCUT2D eigenvalue weighted by Crippen LogP contribution is 2.58. The average Bonchev–Trinajstić information content (AvgIpc) is 3.04. The quantitative estimate of drug-likeness (QED) is 0.319. The van der Waals surface area contributed by atoms with E-state index in [1.54, 1.807) is 0 Å². The Labute approximate surface area is 219 Å². The number of nitrogens with one attached hydrogen (secondary N) is 1. The molecule has 12 heteroatoms. The van der Waals surface area contributed by atoms with Gasteiger partial charge in [0.25, 0.3) is 17.7 Å². The number of nitrogens with two attached hydrogens (primary N) is 1. The standard InChI is InChI=1S/C24H33N5O5S2/c1-3-5-15(25)29-18(31)16(19-35-10-4-11-36-19)17(30)28(22(29)34)14-6-8-23(9-7-14)12-24(13-23)20(32)27(2)21(33)26-24/h14-15H,3-13,25H2,1-2H3,(H,26,33). The Morgan fingerprint density at radius 3 is 2.25 bits per heavy atom. The van der Waals surface area contributed by atoms with Gasteiger partial charge in [0.2, 0.25) is 0 Å². The van der Waals surface area contributed by atoms with Crippen LogP contribution in [0.5, 0.6) is 0 Å². The van der Waals surface area contributed by atoms with Gasteiger partial charge in [0.05, 0.1) is 10.4 Å². The molecule has 5 aliphatic rings. The number of rotatable bonds is 4. The topological polar surface area (TPSA) is 133 Å². The smallest absolute Gasteiger partial charge is 0.323 e. The SMILES string of the molecule is CCCC(N)N1C(=O)C(=C2SCCCS2)C(=O)N(C2CCC3(CC2)CC2(C3)NC(=O)N(C)C2=O)C1=O. The first kappa shape index (κ1) is 25.6. The Bertz CT molecular complexity index is 1040. The first-order chi connectivity index (χ1) is 17.1. The molecule has 5 rings (SSSR count). The van der Waals surface area contributed by atoms with E-state index in [4.69, 9.17) is 5.73 Å². The lowest BCUT2D eigenvalue weighted by Gasteiger charge is -2.56. The summed E-state index contributed by atoms with van der Waals surface area (Å²) >= 11 is 3.01. The zero-order chi connectivity index (χ0) is 25.8. The summed E-state index contributed by atoms with van der Waals surface area (Å²) in [6, 6.07) is -1.31. The molecule has 1 atom stereocenters. The molecule has 0 radical (unpaired) electrons. The fourth-order valence-corrected chi connectivity index (χ4v) is 9.06. The minimum absolute atomic E-state index is 0.0843. The molecule has 3 heterocycles. The van der Waals surface area contributed by atoms with Crippen molar-refractivity contribution in [1.29, 1.82) is 0 Å². The number of urea groups is 2. The second kappa shape index (κ2) is 9.36. The second-order valence-electron chi connectivity index (χ2n) is 10.7. The van der Waals surface area contributed by atoms with Gasteiger partial charge in [-0.15, -0.1) is 23.5 Å². The molecule has 3 saturated heterocycles. The number of hydrogen-bond donors (Lipinski definition) is 2. The Hall–Kier alpha value is -2.05. The maximum Gasteiger partial charge on any atom is 0.335 e. The highest BCUT2D eigenvalue weighted by atomic mass is 32.2. The van der Waals surface area contributed by atoms with Crippen molar-refractivity contribution >= 4 is 53.3 Å². The van der Waals surface area contributed by atoms with Crippen LogP contribution in [0.4, 0.5) is 9.59 Å². The number of barbiturate groups is 1. The Morgan fingerprint density at radius 2 is 1.69 bits per heavy atom. The molecule has 1 unspecified atom stereocenters. The van der Waals surface area contributed by atoms with Crippen molar-refractivity contribution in [2.45, 2.75) is 82.5 Å². The molecular formula is C24H33N5O5S2. The third-order valence-corrected chi connectivity index (χ3v) is 10.9. The van der Waals surface area contributed by atoms with E-state index in [1.807, 2.05) is 6.92 Å². The lowest BCUT2D eigenvalue weighted by Crippen LogP contribution is -2.66. The third-order valence-electron chi connectivity index (χ3n) is 8.25. The summed E-state index contributed by atoms with van der Waals surface area (Å²) in [5.41, 5.74) is 5.48. The number of likely N-dealkylation sites (N-methyl/N-ethyl adjacent to an activating group) is 1. The first-order valence-corrected chi connectivity index (χ1v) is 14.7. The first-order valence-electron chi connectivity index (χ1n) is 12.7. The minimum Gasteiger partial charge on any atom is -0.323 e. The molecular weight excluding hydrogens is 502 g/mol. The van der Waals surface area contributed by atoms with Crippen LogP contribution in [-0.4, -0.2) is 80.8 Å². The summed E-state index contributed by atoms with van der Waals surface area (Å²) < 4.78 is 0.690. The number of amides is 7. The van der Waals surface area contributed by atoms with Crippen molar-refractivity contribution in [2.24, 2.45) is 11.1 Å². The van der Waals surface area contributed by atoms with Crippen molar-refractivity contribution < 1.29 is 24.0 Å². The highest BCUT2D eigenvalue weighted by molar-refractivity contribution is 8.22. The van der Waals surface area contributed by atoms with Gasteiger partial charge in [-0.05, 0) is 68.3 Å². The number of carbonyl (C=O) groups excluding carboxylic acids is 5. The predicted molar refractivity (Wildman–Crippen MR) is 136 cm³/mol. The van der Waals surface area contributed by atoms with Crippen LogP contribution in [0.2, 0.25) is 0 Å². The van der Waals surface area contributed by atoms with Crippen LogP contribution in [0.15, 0.2) is 9.81 Å². The second-order valence-corrected chi connectivity index (χ2v) is 13.1. The van der Waals surface area contributed by atoms with Crippen LogP contribution < -0.4 is 11.1 Å². The van der Waals surface area contributed by atoms with Gasteiger partial charge < -0.3 is 11.1 Å². The molecule has 3 aliphatic heterocycles. The van der Waals surface area contributed by atoms with E-state index in [9.17, 15) is 24.0 Å². The summed E-state index contributed by atoms with van der Waals surface area (Å²) in [7, 11) is 1.49. The van der Waals surface area contributed by atoms with Crippen LogP contribution in [0.3, 0.4) is 0 Å². The molecule has 3 N–H and O–H groups in total. The lowest BCUT2D eigenvalue weighted by atomic mass is 9.51. The molecule has 0 aromatic carbocycles. The largest absolute Gasteiger partial charge is 0.335 e. The van der Waals surface area contributed by atoms with E-state index in [1.165, 1.54) is 35.5 Å². The Morgan fingerprint density at radius 1 is 1.06 bits per heavy atom. The number of carbonyl (C=O) groups is 5. The summed E-state index contributed by atoms with van der Waals surface area (Å²) in [5.74, 6) is 0.401. The normalized spacial score (nSPS) is 34.1. The summed E-state index contributed by atoms with van der Waals surface area (Å²) in [5, 5.41) is 2.85. The molecule has 10 nitrogen and oxygen atoms in total. The predicted octanol–water partition coefficient (Wildman–Crippen LogP) is 2.59. The number of nitrogens with zero attached hydrogens (tertiary/aromatic N) is 3. The number of thioether (sulfide) groups is 2. The van der Waals surface area contributed by atoms with Crippen LogP contribution in [0.25, 0.3) is 0 Å². The molecule has 7 amide bonds. The summed E-state index contributed by atoms with van der Waals surface area (Å²) in [6.45, 7) is 1.94. The summed E-state index contributed by atoms with van der Waals surface area (Å²) in [6.07, 6.45) is 5.24. The molecule has 0 aromatic heterocycles. The van der Waals surface area contributed by atoms with E-state index < -0.39 is 29.6 Å². The minimum atomic E-state index is -0.807. The van der Waals surface area contributed by atoms with Gasteiger partial charge in [-0.3, -0.25) is 24.2 Å². The molecule has 196 valence electrons. The van der Waals surface area contributed by atoms with Crippen LogP contribution in [-0.2, 0) is 14.4 Å². The molecule has 0 bridgehead atoms. The van der Waals surface area contributed by atoms with Crippen molar-refractivity contribution in [3.05, 3.63) is 9.81 Å². The van der Waals surface area contributed by atoms with Gasteiger partial charge in [-0.25, -0.2) is 14.5 Å². The number of imide groups is 3. The van der Waals surface area contributed by atoms with E-state index >= 15 is 0 Å². The molecule has 2 saturated carbocycles. The van der Waals surface area contributed by atoms with Gasteiger partial charge in [0.15, 0.2) is 0 Å². The van der Waals surface area contributed by atoms with Crippen molar-refractivity contribution in [3.8, 4) is 0 Å². The van der Waals surface area contributed by atoms with E-state index in [0.717, 1.165) is 40.6 Å². The highest BCUT2D eigenvalue weighted by Gasteiger charge is 2.64. The average molecular weight is 536 g/mol. The molecule has 5 fully saturated rings. The van der Waals surface area contributed by atoms with Crippen molar-refractivity contribution in [1.82, 2.24) is 20.0 Å². The zero-order valence-corrected chi connectivity index (χ0v) is 22.3. The van der Waals surface area contributed by atoms with E-state index in [0.29, 0.717) is 42.8 Å². The molecule has 36 heavy (non-hydrogen) atoms. The third kappa shape index (κ3) is 3.96. The maximum atomic E-state index is 13.7. The number of hydrogen-bond acceptors (Lipinski definition) is 8. The zero-order valence-electron chi connectivity index (χ0n) is 20.7. The Balaban J connectivity index is 1.35. The Kier molecular flexibility index (Phi) is 6.65. The van der Waals surface area contributed by atoms with Gasteiger partial charge >= 0.3 is 12.1 Å².